The molecule has 40 heavy (non-hydrogen) atoms. The molecule has 5 rings (SSSR count). The largest absolute Gasteiger partial charge is 0.493 e. The lowest BCUT2D eigenvalue weighted by molar-refractivity contribution is 0.0114. The number of H-pyrrole nitrogens is 1. The summed E-state index contributed by atoms with van der Waals surface area (Å²) >= 11 is 0. The summed E-state index contributed by atoms with van der Waals surface area (Å²) in [5.74, 6) is 1.17. The molecule has 1 fully saturated rings. The predicted octanol–water partition coefficient (Wildman–Crippen LogP) is 6.40. The minimum absolute atomic E-state index is 0.138. The van der Waals surface area contributed by atoms with Crippen LogP contribution in [0.3, 0.4) is 0 Å². The molecule has 1 atom stereocenters. The van der Waals surface area contributed by atoms with Crippen LogP contribution >= 0.6 is 0 Å². The molecule has 1 aliphatic carbocycles. The summed E-state index contributed by atoms with van der Waals surface area (Å²) in [4.78, 5) is 18.8. The van der Waals surface area contributed by atoms with Crippen LogP contribution < -0.4 is 4.74 Å². The molecule has 218 valence electrons. The van der Waals surface area contributed by atoms with E-state index in [9.17, 15) is 15.0 Å². The molecule has 2 aromatic carbocycles. The number of carbonyl (C=O) groups excluding carboxylic acids is 1. The summed E-state index contributed by atoms with van der Waals surface area (Å²) in [7, 11) is 0. The molecular formula is C33H46N2O5. The van der Waals surface area contributed by atoms with E-state index in [0.29, 0.717) is 31.2 Å². The third kappa shape index (κ3) is 6.47. The van der Waals surface area contributed by atoms with E-state index < -0.39 is 5.41 Å². The van der Waals surface area contributed by atoms with Crippen molar-refractivity contribution in [3.05, 3.63) is 64.8 Å². The van der Waals surface area contributed by atoms with E-state index in [1.807, 2.05) is 49.9 Å². The van der Waals surface area contributed by atoms with E-state index in [-0.39, 0.29) is 32.0 Å². The van der Waals surface area contributed by atoms with E-state index in [1.54, 1.807) is 0 Å². The number of aliphatic hydroxyl groups excluding tert-OH is 2. The molecule has 3 N–H and O–H groups in total. The summed E-state index contributed by atoms with van der Waals surface area (Å²) in [5, 5.41) is 20.7. The number of carbonyl (C=O) groups is 1. The average Bonchev–Trinajstić information content (AvgIpc) is 3.77. The Hall–Kier alpha value is -3.03. The second-order valence-corrected chi connectivity index (χ2v) is 11.0. The number of hydrogen-bond acceptors (Lipinski definition) is 5. The predicted molar refractivity (Wildman–Crippen MR) is 159 cm³/mol. The van der Waals surface area contributed by atoms with Crippen molar-refractivity contribution in [2.24, 2.45) is 11.3 Å². The first-order chi connectivity index (χ1) is 19.5. The minimum Gasteiger partial charge on any atom is -0.493 e. The topological polar surface area (TPSA) is 95.0 Å². The number of benzene rings is 2. The van der Waals surface area contributed by atoms with Gasteiger partial charge in [0.2, 0.25) is 0 Å². The van der Waals surface area contributed by atoms with Crippen molar-refractivity contribution < 1.29 is 24.5 Å². The summed E-state index contributed by atoms with van der Waals surface area (Å²) in [6, 6.07) is 14.1. The molecule has 0 spiro atoms. The van der Waals surface area contributed by atoms with Crippen LogP contribution in [0.25, 0.3) is 10.9 Å². The number of aryl methyl sites for hydroxylation is 1. The van der Waals surface area contributed by atoms with Gasteiger partial charge in [-0.25, -0.2) is 4.79 Å². The van der Waals surface area contributed by atoms with Crippen LogP contribution in [0.2, 0.25) is 0 Å². The van der Waals surface area contributed by atoms with E-state index in [2.05, 4.69) is 30.1 Å². The molecule has 0 bridgehead atoms. The number of nitrogens with zero attached hydrogens (tertiary/aromatic N) is 1. The first-order valence-electron chi connectivity index (χ1n) is 15.0. The van der Waals surface area contributed by atoms with E-state index in [0.717, 1.165) is 48.9 Å². The monoisotopic (exact) mass is 550 g/mol. The van der Waals surface area contributed by atoms with Crippen LogP contribution in [0.15, 0.2) is 42.5 Å². The number of nitrogens with one attached hydrogen (secondary N) is 1. The smallest absolute Gasteiger partial charge is 0.410 e. The SMILES string of the molecule is CC.CCCc1ccc2[nH]c3c(c2c1)CCN(C(=O)OCC1CC1)[C@H]3c1ccc(OCC(CC)(CO)CO)cc1. The maximum absolute atomic E-state index is 13.3. The highest BCUT2D eigenvalue weighted by Gasteiger charge is 2.36. The molecule has 0 radical (unpaired) electrons. The number of aromatic amines is 1. The molecule has 2 aliphatic rings. The molecule has 7 heteroatoms. The number of aromatic nitrogens is 1. The molecule has 0 unspecified atom stereocenters. The number of hydrogen-bond donors (Lipinski definition) is 3. The standard InChI is InChI=1S/C31H40N2O5.C2H6/c1-3-5-21-8-13-27-26(16-21)25-14-15-33(30(36)37-17-22-6-7-22)29(28(25)32-27)23-9-11-24(12-10-23)38-20-31(4-2,18-34)19-35;1-2/h8-13,16,22,29,32,34-35H,3-7,14-15,17-20H2,1-2H3;1-2H3/t29-;/m0./s1. The van der Waals surface area contributed by atoms with Crippen LogP contribution in [0.1, 0.15) is 81.8 Å². The zero-order valence-electron chi connectivity index (χ0n) is 24.5. The van der Waals surface area contributed by atoms with Gasteiger partial charge in [0, 0.05) is 23.1 Å². The lowest BCUT2D eigenvalue weighted by atomic mass is 9.88. The third-order valence-electron chi connectivity index (χ3n) is 8.27. The van der Waals surface area contributed by atoms with Crippen molar-refractivity contribution in [1.82, 2.24) is 9.88 Å². The Balaban J connectivity index is 0.00000181. The highest BCUT2D eigenvalue weighted by atomic mass is 16.6. The van der Waals surface area contributed by atoms with Gasteiger partial charge in [0.05, 0.1) is 31.8 Å². The Bertz CT molecular complexity index is 1240. The van der Waals surface area contributed by atoms with Gasteiger partial charge in [-0.2, -0.15) is 0 Å². The Morgan fingerprint density at radius 3 is 2.42 bits per heavy atom. The zero-order valence-corrected chi connectivity index (χ0v) is 24.5. The lowest BCUT2D eigenvalue weighted by Crippen LogP contribution is -2.41. The average molecular weight is 551 g/mol. The van der Waals surface area contributed by atoms with Crippen LogP contribution in [0, 0.1) is 11.3 Å². The Morgan fingerprint density at radius 1 is 1.07 bits per heavy atom. The van der Waals surface area contributed by atoms with Crippen molar-refractivity contribution in [1.29, 1.82) is 0 Å². The maximum atomic E-state index is 13.3. The molecule has 1 saturated carbocycles. The van der Waals surface area contributed by atoms with E-state index >= 15 is 0 Å². The zero-order chi connectivity index (χ0) is 28.7. The fourth-order valence-corrected chi connectivity index (χ4v) is 5.33. The van der Waals surface area contributed by atoms with Gasteiger partial charge in [-0.15, -0.1) is 0 Å². The number of fused-ring (bicyclic) bond motifs is 3. The molecular weight excluding hydrogens is 504 g/mol. The molecule has 1 aliphatic heterocycles. The molecule has 2 heterocycles. The second kappa shape index (κ2) is 13.6. The summed E-state index contributed by atoms with van der Waals surface area (Å²) in [5.41, 5.74) is 5.06. The van der Waals surface area contributed by atoms with Crippen molar-refractivity contribution in [3.8, 4) is 5.75 Å². The molecule has 1 aromatic heterocycles. The summed E-state index contributed by atoms with van der Waals surface area (Å²) in [6.07, 6.45) is 5.55. The Kier molecular flexibility index (Phi) is 10.1. The van der Waals surface area contributed by atoms with Gasteiger partial charge in [-0.3, -0.25) is 4.90 Å². The van der Waals surface area contributed by atoms with Gasteiger partial charge in [0.15, 0.2) is 0 Å². The first-order valence-corrected chi connectivity index (χ1v) is 15.0. The molecule has 3 aromatic rings. The van der Waals surface area contributed by atoms with Crippen LogP contribution in [-0.4, -0.2) is 59.2 Å². The normalized spacial score (nSPS) is 16.8. The Morgan fingerprint density at radius 2 is 1.80 bits per heavy atom. The van der Waals surface area contributed by atoms with Crippen LogP contribution in [0.4, 0.5) is 4.79 Å². The highest BCUT2D eigenvalue weighted by Crippen LogP contribution is 2.40. The van der Waals surface area contributed by atoms with Crippen molar-refractivity contribution in [3.63, 3.8) is 0 Å². The molecule has 7 nitrogen and oxygen atoms in total. The van der Waals surface area contributed by atoms with Gasteiger partial charge < -0.3 is 24.7 Å². The number of rotatable bonds is 11. The summed E-state index contributed by atoms with van der Waals surface area (Å²) in [6.45, 7) is 9.16. The fourth-order valence-electron chi connectivity index (χ4n) is 5.33. The van der Waals surface area contributed by atoms with Crippen molar-refractivity contribution in [2.75, 3.05) is 33.0 Å². The summed E-state index contributed by atoms with van der Waals surface area (Å²) < 4.78 is 11.7. The van der Waals surface area contributed by atoms with Gasteiger partial charge in [-0.05, 0) is 79.0 Å². The number of amides is 1. The molecule has 1 amide bonds. The second-order valence-electron chi connectivity index (χ2n) is 11.0. The molecule has 0 saturated heterocycles. The maximum Gasteiger partial charge on any atom is 0.410 e. The lowest BCUT2D eigenvalue weighted by Gasteiger charge is -2.35. The van der Waals surface area contributed by atoms with Gasteiger partial charge >= 0.3 is 6.09 Å². The van der Waals surface area contributed by atoms with Crippen molar-refractivity contribution in [2.45, 2.75) is 72.3 Å². The highest BCUT2D eigenvalue weighted by molar-refractivity contribution is 5.86. The van der Waals surface area contributed by atoms with Gasteiger partial charge in [0.25, 0.3) is 0 Å². The van der Waals surface area contributed by atoms with E-state index in [1.165, 1.54) is 16.5 Å². The number of aliphatic hydroxyl groups is 2. The van der Waals surface area contributed by atoms with Crippen LogP contribution in [0.5, 0.6) is 5.75 Å². The fraction of sp³-hybridized carbons (Fsp3) is 0.545. The van der Waals surface area contributed by atoms with Gasteiger partial charge in [0.1, 0.15) is 11.8 Å². The van der Waals surface area contributed by atoms with Crippen LogP contribution in [-0.2, 0) is 17.6 Å². The number of ether oxygens (including phenoxy) is 2. The van der Waals surface area contributed by atoms with Crippen molar-refractivity contribution >= 4 is 17.0 Å². The first kappa shape index (κ1) is 29.9. The Labute approximate surface area is 238 Å². The quantitative estimate of drug-likeness (QED) is 0.257. The third-order valence-corrected chi connectivity index (χ3v) is 8.27. The van der Waals surface area contributed by atoms with E-state index in [4.69, 9.17) is 9.47 Å². The van der Waals surface area contributed by atoms with Gasteiger partial charge in [-0.1, -0.05) is 52.3 Å². The minimum atomic E-state index is -0.667.